The van der Waals surface area contributed by atoms with Crippen LogP contribution in [-0.4, -0.2) is 44.3 Å². The van der Waals surface area contributed by atoms with Crippen molar-refractivity contribution in [2.75, 3.05) is 17.4 Å². The normalized spacial score (nSPS) is 12.0. The third kappa shape index (κ3) is 7.66. The average Bonchev–Trinajstić information content (AvgIpc) is 2.96. The number of sulfonamides is 1. The molecule has 0 unspecified atom stereocenters. The topological polar surface area (TPSA) is 86.8 Å². The van der Waals surface area contributed by atoms with Gasteiger partial charge in [0.25, 0.3) is 10.0 Å². The summed E-state index contributed by atoms with van der Waals surface area (Å²) in [6.45, 7) is 5.68. The first-order valence-corrected chi connectivity index (χ1v) is 14.6. The molecule has 1 N–H and O–H groups in total. The first kappa shape index (κ1) is 29.8. The van der Waals surface area contributed by atoms with Gasteiger partial charge in [0.05, 0.1) is 10.6 Å². The first-order chi connectivity index (χ1) is 18.7. The fourth-order valence-electron chi connectivity index (χ4n) is 4.22. The lowest BCUT2D eigenvalue weighted by Crippen LogP contribution is -2.52. The number of nitrogens with zero attached hydrogens (tertiary/aromatic N) is 2. The van der Waals surface area contributed by atoms with Gasteiger partial charge < -0.3 is 10.2 Å². The van der Waals surface area contributed by atoms with Crippen LogP contribution in [0.2, 0.25) is 0 Å². The number of rotatable bonds is 13. The summed E-state index contributed by atoms with van der Waals surface area (Å²) >= 11 is 0. The van der Waals surface area contributed by atoms with Gasteiger partial charge in [0.1, 0.15) is 18.4 Å². The highest BCUT2D eigenvalue weighted by atomic mass is 32.2. The molecule has 0 aliphatic carbocycles. The van der Waals surface area contributed by atoms with Crippen molar-refractivity contribution in [3.05, 3.63) is 95.8 Å². The van der Waals surface area contributed by atoms with Gasteiger partial charge in [-0.1, -0.05) is 63.2 Å². The van der Waals surface area contributed by atoms with Crippen LogP contribution in [-0.2, 0) is 32.6 Å². The van der Waals surface area contributed by atoms with Crippen LogP contribution in [0.4, 0.5) is 10.1 Å². The molecule has 0 saturated carbocycles. The maximum absolute atomic E-state index is 13.9. The van der Waals surface area contributed by atoms with Crippen molar-refractivity contribution in [1.29, 1.82) is 0 Å². The first-order valence-electron chi connectivity index (χ1n) is 13.2. The molecule has 0 saturated heterocycles. The molecule has 3 rings (SSSR count). The zero-order valence-corrected chi connectivity index (χ0v) is 23.5. The highest BCUT2D eigenvalue weighted by Crippen LogP contribution is 2.25. The molecule has 0 radical (unpaired) electrons. The third-order valence-corrected chi connectivity index (χ3v) is 8.23. The van der Waals surface area contributed by atoms with Crippen molar-refractivity contribution in [1.82, 2.24) is 10.2 Å². The Hall–Kier alpha value is -3.72. The highest BCUT2D eigenvalue weighted by molar-refractivity contribution is 7.92. The van der Waals surface area contributed by atoms with E-state index < -0.39 is 34.3 Å². The quantitative estimate of drug-likeness (QED) is 0.326. The lowest BCUT2D eigenvalue weighted by molar-refractivity contribution is -0.140. The molecule has 208 valence electrons. The van der Waals surface area contributed by atoms with Crippen LogP contribution in [0.1, 0.15) is 44.7 Å². The van der Waals surface area contributed by atoms with E-state index in [0.717, 1.165) is 22.7 Å². The summed E-state index contributed by atoms with van der Waals surface area (Å²) in [5, 5.41) is 2.84. The molecule has 0 aliphatic rings. The van der Waals surface area contributed by atoms with E-state index in [1.165, 1.54) is 29.2 Å². The minimum Gasteiger partial charge on any atom is -0.354 e. The largest absolute Gasteiger partial charge is 0.354 e. The number of carbonyl (C=O) groups excluding carboxylic acids is 2. The zero-order chi connectivity index (χ0) is 28.4. The Kier molecular flexibility index (Phi) is 10.6. The molecule has 39 heavy (non-hydrogen) atoms. The smallest absolute Gasteiger partial charge is 0.264 e. The van der Waals surface area contributed by atoms with Gasteiger partial charge in [0, 0.05) is 13.1 Å². The number of anilines is 1. The predicted octanol–water partition coefficient (Wildman–Crippen LogP) is 4.92. The molecule has 0 fully saturated rings. The number of halogens is 1. The molecule has 3 aromatic rings. The fraction of sp³-hybridized carbons (Fsp3) is 0.333. The number of carbonyl (C=O) groups is 2. The summed E-state index contributed by atoms with van der Waals surface area (Å²) in [5.74, 6) is -1.28. The Morgan fingerprint density at radius 1 is 0.872 bits per heavy atom. The Balaban J connectivity index is 2.03. The van der Waals surface area contributed by atoms with E-state index in [1.54, 1.807) is 49.4 Å². The standard InChI is InChI=1S/C30H36FN3O4S/c1-4-20-32-30(36)28(6-3)33(21-24-12-16-25(31)17-13-24)29(35)22-34(26-18-14-23(5-2)15-19-26)39(37,38)27-10-8-7-9-11-27/h7-19,28H,4-6,20-22H2,1-3H3,(H,32,36)/t28-/m0/s1. The third-order valence-electron chi connectivity index (χ3n) is 6.44. The number of amides is 2. The van der Waals surface area contributed by atoms with Crippen LogP contribution in [0.25, 0.3) is 0 Å². The van der Waals surface area contributed by atoms with Crippen LogP contribution >= 0.6 is 0 Å². The fourth-order valence-corrected chi connectivity index (χ4v) is 5.65. The molecule has 3 aromatic carbocycles. The number of benzene rings is 3. The highest BCUT2D eigenvalue weighted by Gasteiger charge is 2.33. The summed E-state index contributed by atoms with van der Waals surface area (Å²) in [5.41, 5.74) is 1.99. The summed E-state index contributed by atoms with van der Waals surface area (Å²) < 4.78 is 42.2. The molecule has 0 aliphatic heterocycles. The van der Waals surface area contributed by atoms with Crippen molar-refractivity contribution in [3.63, 3.8) is 0 Å². The monoisotopic (exact) mass is 553 g/mol. The van der Waals surface area contributed by atoms with Crippen molar-refractivity contribution in [2.45, 2.75) is 57.5 Å². The van der Waals surface area contributed by atoms with Gasteiger partial charge in [-0.3, -0.25) is 13.9 Å². The van der Waals surface area contributed by atoms with Crippen LogP contribution in [0.3, 0.4) is 0 Å². The summed E-state index contributed by atoms with van der Waals surface area (Å²) in [7, 11) is -4.11. The maximum Gasteiger partial charge on any atom is 0.264 e. The number of aryl methyl sites for hydroxylation is 1. The predicted molar refractivity (Wildman–Crippen MR) is 151 cm³/mol. The molecule has 0 aromatic heterocycles. The SMILES string of the molecule is CCCNC(=O)[C@H](CC)N(Cc1ccc(F)cc1)C(=O)CN(c1ccc(CC)cc1)S(=O)(=O)c1ccccc1. The average molecular weight is 554 g/mol. The second kappa shape index (κ2) is 13.9. The summed E-state index contributed by atoms with van der Waals surface area (Å²) in [4.78, 5) is 28.4. The molecule has 7 nitrogen and oxygen atoms in total. The minimum atomic E-state index is -4.11. The molecular formula is C30H36FN3O4S. The van der Waals surface area contributed by atoms with Gasteiger partial charge in [-0.25, -0.2) is 12.8 Å². The number of nitrogens with one attached hydrogen (secondary N) is 1. The second-order valence-electron chi connectivity index (χ2n) is 9.21. The van der Waals surface area contributed by atoms with Crippen LogP contribution in [0.5, 0.6) is 0 Å². The maximum atomic E-state index is 13.9. The van der Waals surface area contributed by atoms with E-state index in [1.807, 2.05) is 26.0 Å². The zero-order valence-electron chi connectivity index (χ0n) is 22.6. The molecule has 1 atom stereocenters. The van der Waals surface area contributed by atoms with Crippen molar-refractivity contribution in [2.24, 2.45) is 0 Å². The summed E-state index contributed by atoms with van der Waals surface area (Å²) in [6.07, 6.45) is 1.82. The van der Waals surface area contributed by atoms with E-state index in [-0.39, 0.29) is 17.3 Å². The molecule has 2 amide bonds. The van der Waals surface area contributed by atoms with Crippen molar-refractivity contribution >= 4 is 27.5 Å². The Morgan fingerprint density at radius 3 is 2.05 bits per heavy atom. The van der Waals surface area contributed by atoms with Crippen LogP contribution < -0.4 is 9.62 Å². The minimum absolute atomic E-state index is 0.0190. The van der Waals surface area contributed by atoms with Crippen LogP contribution in [0.15, 0.2) is 83.8 Å². The molecule has 0 spiro atoms. The van der Waals surface area contributed by atoms with E-state index >= 15 is 0 Å². The van der Waals surface area contributed by atoms with Gasteiger partial charge in [-0.05, 0) is 66.8 Å². The van der Waals surface area contributed by atoms with E-state index in [9.17, 15) is 22.4 Å². The number of hydrogen-bond donors (Lipinski definition) is 1. The summed E-state index contributed by atoms with van der Waals surface area (Å²) in [6, 6.07) is 19.8. The Morgan fingerprint density at radius 2 is 1.49 bits per heavy atom. The van der Waals surface area contributed by atoms with E-state index in [4.69, 9.17) is 0 Å². The number of hydrogen-bond acceptors (Lipinski definition) is 4. The van der Waals surface area contributed by atoms with Gasteiger partial charge >= 0.3 is 0 Å². The molecule has 9 heteroatoms. The molecule has 0 heterocycles. The van der Waals surface area contributed by atoms with E-state index in [2.05, 4.69) is 5.32 Å². The van der Waals surface area contributed by atoms with Gasteiger partial charge in [0.15, 0.2) is 0 Å². The van der Waals surface area contributed by atoms with Crippen molar-refractivity contribution in [3.8, 4) is 0 Å². The van der Waals surface area contributed by atoms with Gasteiger partial charge in [-0.2, -0.15) is 0 Å². The Bertz CT molecular complexity index is 1330. The Labute approximate surface area is 230 Å². The van der Waals surface area contributed by atoms with Gasteiger partial charge in [0.2, 0.25) is 11.8 Å². The van der Waals surface area contributed by atoms with E-state index in [0.29, 0.717) is 24.2 Å². The lowest BCUT2D eigenvalue weighted by Gasteiger charge is -2.33. The molecule has 0 bridgehead atoms. The second-order valence-corrected chi connectivity index (χ2v) is 11.1. The van der Waals surface area contributed by atoms with Crippen molar-refractivity contribution < 1.29 is 22.4 Å². The van der Waals surface area contributed by atoms with Gasteiger partial charge in [-0.15, -0.1) is 0 Å². The van der Waals surface area contributed by atoms with Crippen LogP contribution in [0, 0.1) is 5.82 Å². The lowest BCUT2D eigenvalue weighted by atomic mass is 10.1. The molecular weight excluding hydrogens is 517 g/mol.